The summed E-state index contributed by atoms with van der Waals surface area (Å²) in [6.07, 6.45) is 2.45. The van der Waals surface area contributed by atoms with Gasteiger partial charge in [-0.3, -0.25) is 14.5 Å². The molecule has 3 rings (SSSR count). The van der Waals surface area contributed by atoms with Crippen LogP contribution in [0.4, 0.5) is 4.79 Å². The molecule has 1 N–H and O–H groups in total. The average molecular weight is 371 g/mol. The number of hydrogen-bond acceptors (Lipinski definition) is 3. The van der Waals surface area contributed by atoms with E-state index in [0.717, 1.165) is 23.3 Å². The molecule has 0 radical (unpaired) electrons. The molecule has 4 amide bonds. The number of nitrogens with one attached hydrogen (secondary N) is 1. The lowest BCUT2D eigenvalue weighted by Crippen LogP contribution is -2.45. The molecule has 6 heteroatoms. The van der Waals surface area contributed by atoms with E-state index in [-0.39, 0.29) is 24.4 Å². The van der Waals surface area contributed by atoms with E-state index in [9.17, 15) is 14.4 Å². The minimum absolute atomic E-state index is 0.172. The van der Waals surface area contributed by atoms with Crippen molar-refractivity contribution in [2.45, 2.75) is 71.0 Å². The molecule has 1 aromatic carbocycles. The molecule has 1 atom stereocenters. The summed E-state index contributed by atoms with van der Waals surface area (Å²) in [4.78, 5) is 40.5. The summed E-state index contributed by atoms with van der Waals surface area (Å²) >= 11 is 0. The van der Waals surface area contributed by atoms with Crippen molar-refractivity contribution >= 4 is 17.8 Å². The summed E-state index contributed by atoms with van der Waals surface area (Å²) in [5, 5.41) is 2.70. The van der Waals surface area contributed by atoms with Crippen LogP contribution in [-0.2, 0) is 16.1 Å². The molecule has 1 aliphatic heterocycles. The van der Waals surface area contributed by atoms with Crippen LogP contribution < -0.4 is 5.32 Å². The number of nitrogens with zero attached hydrogens (tertiary/aromatic N) is 2. The topological polar surface area (TPSA) is 69.7 Å². The molecule has 0 unspecified atom stereocenters. The summed E-state index contributed by atoms with van der Waals surface area (Å²) in [5.41, 5.74) is 1.42. The molecule has 1 saturated heterocycles. The summed E-state index contributed by atoms with van der Waals surface area (Å²) in [7, 11) is 0. The molecule has 1 heterocycles. The van der Waals surface area contributed by atoms with E-state index in [4.69, 9.17) is 0 Å². The lowest BCUT2D eigenvalue weighted by atomic mass is 9.99. The highest BCUT2D eigenvalue weighted by atomic mass is 16.2. The number of benzene rings is 1. The van der Waals surface area contributed by atoms with Crippen LogP contribution in [0.25, 0.3) is 0 Å². The molecular formula is C21H29N3O3. The Labute approximate surface area is 160 Å². The third-order valence-electron chi connectivity index (χ3n) is 5.65. The maximum absolute atomic E-state index is 12.9. The maximum Gasteiger partial charge on any atom is 0.325 e. The van der Waals surface area contributed by atoms with Gasteiger partial charge in [0, 0.05) is 12.6 Å². The molecule has 146 valence electrons. The average Bonchev–Trinajstić information content (AvgIpc) is 3.45. The number of carbonyl (C=O) groups excluding carboxylic acids is 3. The van der Waals surface area contributed by atoms with Gasteiger partial charge in [0.1, 0.15) is 12.1 Å². The Morgan fingerprint density at radius 2 is 1.89 bits per heavy atom. The number of rotatable bonds is 7. The van der Waals surface area contributed by atoms with Gasteiger partial charge in [-0.15, -0.1) is 0 Å². The molecule has 0 spiro atoms. The lowest BCUT2D eigenvalue weighted by Gasteiger charge is -2.25. The van der Waals surface area contributed by atoms with E-state index in [2.05, 4.69) is 43.4 Å². The predicted octanol–water partition coefficient (Wildman–Crippen LogP) is 3.02. The van der Waals surface area contributed by atoms with Gasteiger partial charge in [-0.25, -0.2) is 4.79 Å². The Morgan fingerprint density at radius 1 is 1.26 bits per heavy atom. The van der Waals surface area contributed by atoms with E-state index in [1.54, 1.807) is 6.92 Å². The van der Waals surface area contributed by atoms with Crippen LogP contribution in [0.1, 0.15) is 64.0 Å². The van der Waals surface area contributed by atoms with Gasteiger partial charge in [0.15, 0.2) is 0 Å². The molecule has 2 aliphatic rings. The number of amides is 4. The molecule has 1 saturated carbocycles. The van der Waals surface area contributed by atoms with E-state index >= 15 is 0 Å². The van der Waals surface area contributed by atoms with Crippen LogP contribution in [0.2, 0.25) is 0 Å². The fourth-order valence-corrected chi connectivity index (χ4v) is 3.37. The first-order chi connectivity index (χ1) is 12.7. The predicted molar refractivity (Wildman–Crippen MR) is 103 cm³/mol. The SMILES string of the molecule is CC[C@@]1(C)NC(=O)N(CC(=O)N(Cc2ccc(C(C)C)cc2)C2CC2)C1=O. The fourth-order valence-electron chi connectivity index (χ4n) is 3.37. The van der Waals surface area contributed by atoms with E-state index in [1.807, 2.05) is 11.8 Å². The minimum Gasteiger partial charge on any atom is -0.334 e. The number of carbonyl (C=O) groups is 3. The fraction of sp³-hybridized carbons (Fsp3) is 0.571. The third kappa shape index (κ3) is 3.99. The van der Waals surface area contributed by atoms with Crippen LogP contribution in [0.3, 0.4) is 0 Å². The van der Waals surface area contributed by atoms with Crippen molar-refractivity contribution in [1.82, 2.24) is 15.1 Å². The van der Waals surface area contributed by atoms with E-state index in [1.165, 1.54) is 5.56 Å². The van der Waals surface area contributed by atoms with Crippen LogP contribution in [-0.4, -0.2) is 45.8 Å². The van der Waals surface area contributed by atoms with Crippen LogP contribution in [0, 0.1) is 0 Å². The van der Waals surface area contributed by atoms with Gasteiger partial charge in [0.2, 0.25) is 5.91 Å². The van der Waals surface area contributed by atoms with Crippen molar-refractivity contribution in [3.05, 3.63) is 35.4 Å². The Bertz CT molecular complexity index is 740. The monoisotopic (exact) mass is 371 g/mol. The van der Waals surface area contributed by atoms with Gasteiger partial charge in [-0.05, 0) is 43.2 Å². The lowest BCUT2D eigenvalue weighted by molar-refractivity contribution is -0.139. The minimum atomic E-state index is -0.908. The highest BCUT2D eigenvalue weighted by Gasteiger charge is 2.47. The zero-order valence-corrected chi connectivity index (χ0v) is 16.6. The molecule has 1 aliphatic carbocycles. The van der Waals surface area contributed by atoms with Gasteiger partial charge in [0.05, 0.1) is 0 Å². The second-order valence-corrected chi connectivity index (χ2v) is 8.16. The largest absolute Gasteiger partial charge is 0.334 e. The molecule has 0 bridgehead atoms. The Hall–Kier alpha value is -2.37. The third-order valence-corrected chi connectivity index (χ3v) is 5.65. The van der Waals surface area contributed by atoms with Crippen molar-refractivity contribution in [2.24, 2.45) is 0 Å². The van der Waals surface area contributed by atoms with E-state index in [0.29, 0.717) is 18.9 Å². The van der Waals surface area contributed by atoms with Crippen molar-refractivity contribution in [3.63, 3.8) is 0 Å². The zero-order chi connectivity index (χ0) is 19.8. The van der Waals surface area contributed by atoms with Crippen molar-refractivity contribution < 1.29 is 14.4 Å². The first-order valence-corrected chi connectivity index (χ1v) is 9.77. The Morgan fingerprint density at radius 3 is 2.37 bits per heavy atom. The summed E-state index contributed by atoms with van der Waals surface area (Å²) in [6, 6.07) is 8.04. The zero-order valence-electron chi connectivity index (χ0n) is 16.6. The standard InChI is InChI=1S/C21H29N3O3/c1-5-21(4)19(26)24(20(27)22-21)13-18(25)23(17-10-11-17)12-15-6-8-16(9-7-15)14(2)3/h6-9,14,17H,5,10-13H2,1-4H3,(H,22,27)/t21-/m1/s1. The second-order valence-electron chi connectivity index (χ2n) is 8.16. The van der Waals surface area contributed by atoms with Gasteiger partial charge in [-0.1, -0.05) is 45.0 Å². The molecule has 1 aromatic rings. The Balaban J connectivity index is 1.69. The van der Waals surface area contributed by atoms with Gasteiger partial charge in [0.25, 0.3) is 5.91 Å². The van der Waals surface area contributed by atoms with Gasteiger partial charge < -0.3 is 10.2 Å². The summed E-state index contributed by atoms with van der Waals surface area (Å²) < 4.78 is 0. The summed E-state index contributed by atoms with van der Waals surface area (Å²) in [6.45, 7) is 8.17. The van der Waals surface area contributed by atoms with Crippen molar-refractivity contribution in [3.8, 4) is 0 Å². The molecular weight excluding hydrogens is 342 g/mol. The van der Waals surface area contributed by atoms with Gasteiger partial charge >= 0.3 is 6.03 Å². The normalized spacial score (nSPS) is 22.3. The van der Waals surface area contributed by atoms with Crippen molar-refractivity contribution in [1.29, 1.82) is 0 Å². The molecule has 6 nitrogen and oxygen atoms in total. The van der Waals surface area contributed by atoms with Crippen molar-refractivity contribution in [2.75, 3.05) is 6.54 Å². The number of hydrogen-bond donors (Lipinski definition) is 1. The second kappa shape index (κ2) is 7.33. The maximum atomic E-state index is 12.9. The smallest absolute Gasteiger partial charge is 0.325 e. The molecule has 0 aromatic heterocycles. The molecule has 2 fully saturated rings. The highest BCUT2D eigenvalue weighted by Crippen LogP contribution is 2.29. The van der Waals surface area contributed by atoms with E-state index < -0.39 is 11.6 Å². The Kier molecular flexibility index (Phi) is 5.27. The number of urea groups is 1. The summed E-state index contributed by atoms with van der Waals surface area (Å²) in [5.74, 6) is -0.0255. The quantitative estimate of drug-likeness (QED) is 0.749. The first-order valence-electron chi connectivity index (χ1n) is 9.77. The van der Waals surface area contributed by atoms with Gasteiger partial charge in [-0.2, -0.15) is 0 Å². The number of imide groups is 1. The first kappa shape index (κ1) is 19.4. The molecule has 27 heavy (non-hydrogen) atoms. The highest BCUT2D eigenvalue weighted by molar-refractivity contribution is 6.08. The van der Waals surface area contributed by atoms with Crippen LogP contribution >= 0.6 is 0 Å². The van der Waals surface area contributed by atoms with Crippen LogP contribution in [0.15, 0.2) is 24.3 Å². The van der Waals surface area contributed by atoms with Crippen LogP contribution in [0.5, 0.6) is 0 Å².